The number of hydrogen-bond acceptors (Lipinski definition) is 4. The zero-order valence-electron chi connectivity index (χ0n) is 12.6. The van der Waals surface area contributed by atoms with E-state index in [2.05, 4.69) is 0 Å². The van der Waals surface area contributed by atoms with Crippen LogP contribution in [0.4, 0.5) is 0 Å². The van der Waals surface area contributed by atoms with Gasteiger partial charge in [0, 0.05) is 17.0 Å². The first-order chi connectivity index (χ1) is 10.5. The number of rotatable bonds is 6. The SMILES string of the molecule is CCCN(CC(=O)OCC)C(=O)c1cc2cc(Cl)ccc2o1. The van der Waals surface area contributed by atoms with Crippen LogP contribution in [0.15, 0.2) is 28.7 Å². The van der Waals surface area contributed by atoms with Crippen LogP contribution in [-0.4, -0.2) is 36.5 Å². The molecular formula is C16H18ClNO4. The van der Waals surface area contributed by atoms with E-state index in [1.165, 1.54) is 4.90 Å². The van der Waals surface area contributed by atoms with Crippen LogP contribution in [0, 0.1) is 0 Å². The van der Waals surface area contributed by atoms with Gasteiger partial charge in [0.15, 0.2) is 5.76 Å². The van der Waals surface area contributed by atoms with Crippen LogP contribution in [0.3, 0.4) is 0 Å². The molecule has 0 bridgehead atoms. The van der Waals surface area contributed by atoms with Crippen molar-refractivity contribution in [2.45, 2.75) is 20.3 Å². The Morgan fingerprint density at radius 2 is 2.05 bits per heavy atom. The summed E-state index contributed by atoms with van der Waals surface area (Å²) in [4.78, 5) is 25.6. The number of esters is 1. The molecule has 0 aliphatic carbocycles. The molecule has 6 heteroatoms. The van der Waals surface area contributed by atoms with Gasteiger partial charge >= 0.3 is 5.97 Å². The van der Waals surface area contributed by atoms with E-state index in [-0.39, 0.29) is 24.8 Å². The van der Waals surface area contributed by atoms with E-state index in [1.807, 2.05) is 6.92 Å². The summed E-state index contributed by atoms with van der Waals surface area (Å²) in [7, 11) is 0. The second kappa shape index (κ2) is 7.31. The summed E-state index contributed by atoms with van der Waals surface area (Å²) in [5, 5.41) is 1.33. The number of hydrogen-bond donors (Lipinski definition) is 0. The highest BCUT2D eigenvalue weighted by atomic mass is 35.5. The van der Waals surface area contributed by atoms with E-state index >= 15 is 0 Å². The maximum absolute atomic E-state index is 12.5. The molecule has 0 saturated heterocycles. The van der Waals surface area contributed by atoms with Crippen molar-refractivity contribution in [1.82, 2.24) is 4.90 Å². The first-order valence-corrected chi connectivity index (χ1v) is 7.57. The Balaban J connectivity index is 2.22. The van der Waals surface area contributed by atoms with Crippen LogP contribution in [0.1, 0.15) is 30.8 Å². The highest BCUT2D eigenvalue weighted by Gasteiger charge is 2.22. The molecule has 0 radical (unpaired) electrons. The van der Waals surface area contributed by atoms with Gasteiger partial charge in [-0.3, -0.25) is 9.59 Å². The normalized spacial score (nSPS) is 10.7. The quantitative estimate of drug-likeness (QED) is 0.763. The lowest BCUT2D eigenvalue weighted by Crippen LogP contribution is -2.36. The van der Waals surface area contributed by atoms with Crippen molar-refractivity contribution in [2.75, 3.05) is 19.7 Å². The van der Waals surface area contributed by atoms with Gasteiger partial charge in [0.05, 0.1) is 6.61 Å². The minimum Gasteiger partial charge on any atom is -0.465 e. The van der Waals surface area contributed by atoms with Crippen molar-refractivity contribution in [1.29, 1.82) is 0 Å². The first-order valence-electron chi connectivity index (χ1n) is 7.19. The lowest BCUT2D eigenvalue weighted by Gasteiger charge is -2.19. The number of halogens is 1. The van der Waals surface area contributed by atoms with Crippen LogP contribution >= 0.6 is 11.6 Å². The van der Waals surface area contributed by atoms with Crippen LogP contribution in [0.25, 0.3) is 11.0 Å². The molecule has 1 aromatic heterocycles. The van der Waals surface area contributed by atoms with Gasteiger partial charge in [0.25, 0.3) is 5.91 Å². The molecule has 0 spiro atoms. The number of benzene rings is 1. The molecule has 0 N–H and O–H groups in total. The topological polar surface area (TPSA) is 59.8 Å². The van der Waals surface area contributed by atoms with E-state index in [0.717, 1.165) is 11.8 Å². The Kier molecular flexibility index (Phi) is 5.44. The summed E-state index contributed by atoms with van der Waals surface area (Å²) >= 11 is 5.93. The van der Waals surface area contributed by atoms with Crippen molar-refractivity contribution in [3.63, 3.8) is 0 Å². The van der Waals surface area contributed by atoms with Gasteiger partial charge in [-0.05, 0) is 37.6 Å². The molecule has 5 nitrogen and oxygen atoms in total. The van der Waals surface area contributed by atoms with Crippen LogP contribution in [-0.2, 0) is 9.53 Å². The van der Waals surface area contributed by atoms with E-state index in [4.69, 9.17) is 20.8 Å². The monoisotopic (exact) mass is 323 g/mol. The molecule has 22 heavy (non-hydrogen) atoms. The molecule has 0 aliphatic heterocycles. The Bertz CT molecular complexity index is 680. The second-order valence-corrected chi connectivity index (χ2v) is 5.26. The van der Waals surface area contributed by atoms with E-state index in [0.29, 0.717) is 17.2 Å². The predicted octanol–water partition coefficient (Wildman–Crippen LogP) is 3.50. The van der Waals surface area contributed by atoms with Gasteiger partial charge in [0.1, 0.15) is 12.1 Å². The molecule has 2 aromatic rings. The van der Waals surface area contributed by atoms with Crippen molar-refractivity contribution < 1.29 is 18.7 Å². The summed E-state index contributed by atoms with van der Waals surface area (Å²) in [6.07, 6.45) is 0.733. The highest BCUT2D eigenvalue weighted by molar-refractivity contribution is 6.31. The van der Waals surface area contributed by atoms with E-state index in [9.17, 15) is 9.59 Å². The Labute approximate surface area is 133 Å². The Morgan fingerprint density at radius 1 is 1.27 bits per heavy atom. The molecule has 118 valence electrons. The minimum atomic E-state index is -0.427. The maximum atomic E-state index is 12.5. The van der Waals surface area contributed by atoms with Crippen molar-refractivity contribution in [2.24, 2.45) is 0 Å². The molecule has 0 aliphatic rings. The van der Waals surface area contributed by atoms with Gasteiger partial charge in [-0.25, -0.2) is 0 Å². The molecule has 1 heterocycles. The standard InChI is InChI=1S/C16H18ClNO4/c1-3-7-18(10-15(19)21-4-2)16(20)14-9-11-8-12(17)5-6-13(11)22-14/h5-6,8-9H,3-4,7,10H2,1-2H3. The average molecular weight is 324 g/mol. The number of carbonyl (C=O) groups is 2. The number of nitrogens with zero attached hydrogens (tertiary/aromatic N) is 1. The highest BCUT2D eigenvalue weighted by Crippen LogP contribution is 2.24. The third-order valence-corrected chi connectivity index (χ3v) is 3.33. The van der Waals surface area contributed by atoms with Gasteiger partial charge in [0.2, 0.25) is 0 Å². The summed E-state index contributed by atoms with van der Waals surface area (Å²) in [6.45, 7) is 4.32. The van der Waals surface area contributed by atoms with Crippen molar-refractivity contribution in [3.05, 3.63) is 35.0 Å². The summed E-state index contributed by atoms with van der Waals surface area (Å²) in [5.41, 5.74) is 0.584. The number of carbonyl (C=O) groups excluding carboxylic acids is 2. The van der Waals surface area contributed by atoms with Crippen molar-refractivity contribution >= 4 is 34.4 Å². The lowest BCUT2D eigenvalue weighted by molar-refractivity contribution is -0.143. The number of fused-ring (bicyclic) bond motifs is 1. The molecule has 2 rings (SSSR count). The lowest BCUT2D eigenvalue weighted by atomic mass is 10.2. The van der Waals surface area contributed by atoms with Gasteiger partial charge in [-0.15, -0.1) is 0 Å². The summed E-state index contributed by atoms with van der Waals surface area (Å²) < 4.78 is 10.5. The first kappa shape index (κ1) is 16.4. The molecule has 1 aromatic carbocycles. The molecule has 0 atom stereocenters. The summed E-state index contributed by atoms with van der Waals surface area (Å²) in [5.74, 6) is -0.569. The predicted molar refractivity (Wildman–Crippen MR) is 84.1 cm³/mol. The Hall–Kier alpha value is -2.01. The van der Waals surface area contributed by atoms with Gasteiger partial charge in [-0.1, -0.05) is 18.5 Å². The van der Waals surface area contributed by atoms with E-state index < -0.39 is 5.97 Å². The van der Waals surface area contributed by atoms with Gasteiger partial charge < -0.3 is 14.1 Å². The van der Waals surface area contributed by atoms with Crippen LogP contribution in [0.2, 0.25) is 5.02 Å². The zero-order valence-corrected chi connectivity index (χ0v) is 13.4. The smallest absolute Gasteiger partial charge is 0.325 e. The summed E-state index contributed by atoms with van der Waals surface area (Å²) in [6, 6.07) is 6.78. The van der Waals surface area contributed by atoms with E-state index in [1.54, 1.807) is 31.2 Å². The fraction of sp³-hybridized carbons (Fsp3) is 0.375. The third-order valence-electron chi connectivity index (χ3n) is 3.10. The zero-order chi connectivity index (χ0) is 16.1. The molecule has 0 fully saturated rings. The molecule has 0 unspecified atom stereocenters. The van der Waals surface area contributed by atoms with Crippen LogP contribution < -0.4 is 0 Å². The number of amides is 1. The van der Waals surface area contributed by atoms with Crippen LogP contribution in [0.5, 0.6) is 0 Å². The fourth-order valence-corrected chi connectivity index (χ4v) is 2.34. The maximum Gasteiger partial charge on any atom is 0.325 e. The fourth-order valence-electron chi connectivity index (χ4n) is 2.16. The number of ether oxygens (including phenoxy) is 1. The largest absolute Gasteiger partial charge is 0.465 e. The average Bonchev–Trinajstić information content (AvgIpc) is 2.89. The van der Waals surface area contributed by atoms with Gasteiger partial charge in [-0.2, -0.15) is 0 Å². The molecule has 1 amide bonds. The molecule has 0 saturated carbocycles. The molecular weight excluding hydrogens is 306 g/mol. The third kappa shape index (κ3) is 3.80. The van der Waals surface area contributed by atoms with Crippen molar-refractivity contribution in [3.8, 4) is 0 Å². The minimum absolute atomic E-state index is 0.0850. The number of furan rings is 1. The second-order valence-electron chi connectivity index (χ2n) is 4.82. The Morgan fingerprint density at radius 3 is 2.73 bits per heavy atom.